The molecule has 59 heavy (non-hydrogen) atoms. The minimum Gasteiger partial charge on any atom is -0.456 e. The summed E-state index contributed by atoms with van der Waals surface area (Å²) in [6.45, 7) is 13.5. The Morgan fingerprint density at radius 1 is 0.983 bits per heavy atom. The molecular formula is C44H57NO14. The molecule has 2 aliphatic carbocycles. The topological polar surface area (TPSA) is 224 Å². The van der Waals surface area contributed by atoms with Crippen molar-refractivity contribution in [3.05, 3.63) is 82.9 Å². The molecule has 3 aliphatic rings. The maximum Gasteiger partial charge on any atom is 0.408 e. The number of aliphatic hydroxyl groups excluding tert-OH is 3. The van der Waals surface area contributed by atoms with Crippen LogP contribution in [0.4, 0.5) is 4.79 Å². The predicted octanol–water partition coefficient (Wildman–Crippen LogP) is 3.90. The Labute approximate surface area is 344 Å². The second-order valence-corrected chi connectivity index (χ2v) is 17.7. The van der Waals surface area contributed by atoms with Crippen molar-refractivity contribution in [2.24, 2.45) is 16.7 Å². The van der Waals surface area contributed by atoms with Crippen molar-refractivity contribution in [2.45, 2.75) is 135 Å². The summed E-state index contributed by atoms with van der Waals surface area (Å²) in [4.78, 5) is 67.4. The quantitative estimate of drug-likeness (QED) is 0.0887. The molecule has 2 fully saturated rings. The Balaban J connectivity index is 1.65. The molecular weight excluding hydrogens is 766 g/mol. The van der Waals surface area contributed by atoms with Crippen LogP contribution >= 0.6 is 0 Å². The average molecular weight is 824 g/mol. The second kappa shape index (κ2) is 16.8. The zero-order valence-corrected chi connectivity index (χ0v) is 35.0. The van der Waals surface area contributed by atoms with Crippen LogP contribution in [0.1, 0.15) is 97.1 Å². The summed E-state index contributed by atoms with van der Waals surface area (Å²) >= 11 is 0. The van der Waals surface area contributed by atoms with E-state index in [4.69, 9.17) is 23.7 Å². The summed E-state index contributed by atoms with van der Waals surface area (Å²) in [6, 6.07) is 14.6. The van der Waals surface area contributed by atoms with E-state index in [1.54, 1.807) is 90.1 Å². The number of carbonyl (C=O) groups excluding carboxylic acids is 5. The fourth-order valence-electron chi connectivity index (χ4n) is 9.30. The predicted molar refractivity (Wildman–Crippen MR) is 210 cm³/mol. The van der Waals surface area contributed by atoms with E-state index in [1.165, 1.54) is 26.0 Å². The molecule has 1 saturated heterocycles. The van der Waals surface area contributed by atoms with Gasteiger partial charge in [0.05, 0.1) is 41.8 Å². The lowest BCUT2D eigenvalue weighted by atomic mass is 9.49. The number of hydrogen-bond acceptors (Lipinski definition) is 14. The van der Waals surface area contributed by atoms with Gasteiger partial charge in [0, 0.05) is 25.2 Å². The van der Waals surface area contributed by atoms with Gasteiger partial charge in [0.15, 0.2) is 11.7 Å². The number of aldehydes is 1. The van der Waals surface area contributed by atoms with Gasteiger partial charge >= 0.3 is 24.0 Å². The van der Waals surface area contributed by atoms with Gasteiger partial charge in [-0.1, -0.05) is 62.4 Å². The maximum atomic E-state index is 14.2. The van der Waals surface area contributed by atoms with E-state index in [2.05, 4.69) is 5.32 Å². The number of amides is 1. The summed E-state index contributed by atoms with van der Waals surface area (Å²) in [5.41, 5.74) is -7.53. The molecule has 15 heteroatoms. The molecule has 0 radical (unpaired) electrons. The van der Waals surface area contributed by atoms with Gasteiger partial charge in [-0.05, 0) is 70.4 Å². The average Bonchev–Trinajstić information content (AvgIpc) is 3.15. The SMILES string of the molecule is CC(=O)O[C@@]12CO[C@@H]1C[C@H](O)[C@@](C)(C=O)C2[C@H](OC(=O)c1ccccc1)[C@]1(O)C[C@H](OC(=O)[C@H](O)[C@@H](NC(=O)OC(C)(C)C)c2ccccc2)C(C)=C([C@H](C)O)C1(C)C. The van der Waals surface area contributed by atoms with Gasteiger partial charge in [0.1, 0.15) is 35.8 Å². The Morgan fingerprint density at radius 2 is 1.58 bits per heavy atom. The molecule has 1 heterocycles. The lowest BCUT2D eigenvalue weighted by Crippen LogP contribution is -2.79. The van der Waals surface area contributed by atoms with Crippen LogP contribution < -0.4 is 5.32 Å². The standard InChI is InChI=1S/C44H57NO14/c1-24-29(56-38(52)34(50)33(27-16-12-10-13-17-27)45-39(53)59-40(4,5)6)21-44(54,41(7,8)32(24)25(2)47)36(57-37(51)28-18-14-11-15-19-28)35-42(9,22-46)30(49)20-31-43(35,23-55-31)58-26(3)48/h10-19,22,25,29-31,33-36,47,49-50,54H,20-21,23H2,1-9H3,(H,45,53)/t25-,29-,30-,31+,33-,34+,35?,36-,42+,43-,44+/m0/s1. The van der Waals surface area contributed by atoms with Crippen LogP contribution in [0.3, 0.4) is 0 Å². The van der Waals surface area contributed by atoms with Crippen LogP contribution in [-0.2, 0) is 38.1 Å². The molecule has 0 bridgehead atoms. The first-order valence-corrected chi connectivity index (χ1v) is 19.7. The third kappa shape index (κ3) is 8.53. The molecule has 11 atom stereocenters. The number of rotatable bonds is 12. The summed E-state index contributed by atoms with van der Waals surface area (Å²) in [7, 11) is 0. The van der Waals surface area contributed by atoms with E-state index >= 15 is 0 Å². The lowest BCUT2D eigenvalue weighted by molar-refractivity contribution is -0.342. The highest BCUT2D eigenvalue weighted by Gasteiger charge is 2.74. The van der Waals surface area contributed by atoms with Crippen LogP contribution in [0.5, 0.6) is 0 Å². The van der Waals surface area contributed by atoms with Crippen molar-refractivity contribution in [3.8, 4) is 0 Å². The van der Waals surface area contributed by atoms with Crippen molar-refractivity contribution < 1.29 is 68.1 Å². The Morgan fingerprint density at radius 3 is 2.08 bits per heavy atom. The maximum absolute atomic E-state index is 14.2. The molecule has 1 unspecified atom stereocenters. The van der Waals surface area contributed by atoms with E-state index in [0.717, 1.165) is 6.92 Å². The first-order valence-electron chi connectivity index (χ1n) is 19.7. The number of fused-ring (bicyclic) bond motifs is 1. The highest BCUT2D eigenvalue weighted by molar-refractivity contribution is 5.89. The molecule has 1 saturated carbocycles. The molecule has 1 amide bonds. The fourth-order valence-corrected chi connectivity index (χ4v) is 9.30. The lowest BCUT2D eigenvalue weighted by Gasteiger charge is -2.65. The van der Waals surface area contributed by atoms with E-state index in [-0.39, 0.29) is 24.2 Å². The third-order valence-corrected chi connectivity index (χ3v) is 12.2. The van der Waals surface area contributed by atoms with Crippen LogP contribution in [0, 0.1) is 16.7 Å². The molecule has 1 aliphatic heterocycles. The molecule has 0 aromatic heterocycles. The zero-order chi connectivity index (χ0) is 43.9. The highest BCUT2D eigenvalue weighted by atomic mass is 16.6. The molecule has 2 aromatic carbocycles. The Bertz CT molecular complexity index is 1930. The monoisotopic (exact) mass is 823 g/mol. The molecule has 322 valence electrons. The van der Waals surface area contributed by atoms with Gasteiger partial charge in [0.2, 0.25) is 0 Å². The van der Waals surface area contributed by atoms with E-state index in [9.17, 15) is 44.4 Å². The van der Waals surface area contributed by atoms with Crippen molar-refractivity contribution in [1.82, 2.24) is 5.32 Å². The third-order valence-electron chi connectivity index (χ3n) is 12.2. The number of alkyl carbamates (subject to hydrolysis) is 1. The van der Waals surface area contributed by atoms with Crippen LogP contribution in [0.2, 0.25) is 0 Å². The van der Waals surface area contributed by atoms with Gasteiger partial charge in [-0.15, -0.1) is 0 Å². The van der Waals surface area contributed by atoms with Crippen LogP contribution in [-0.4, -0.2) is 111 Å². The number of nitrogens with one attached hydrogen (secondary N) is 1. The van der Waals surface area contributed by atoms with Gasteiger partial charge < -0.3 is 54.2 Å². The van der Waals surface area contributed by atoms with Gasteiger partial charge in [0.25, 0.3) is 0 Å². The normalized spacial score (nSPS) is 30.9. The van der Waals surface area contributed by atoms with E-state index < -0.39 is 107 Å². The molecule has 0 spiro atoms. The van der Waals surface area contributed by atoms with Gasteiger partial charge in [-0.2, -0.15) is 0 Å². The van der Waals surface area contributed by atoms with Crippen molar-refractivity contribution in [1.29, 1.82) is 0 Å². The van der Waals surface area contributed by atoms with E-state index in [1.807, 2.05) is 0 Å². The van der Waals surface area contributed by atoms with E-state index in [0.29, 0.717) is 17.4 Å². The van der Waals surface area contributed by atoms with Crippen molar-refractivity contribution in [3.63, 3.8) is 0 Å². The minimum atomic E-state index is -2.40. The number of aliphatic hydroxyl groups is 4. The largest absolute Gasteiger partial charge is 0.456 e. The number of ether oxygens (including phenoxy) is 5. The summed E-state index contributed by atoms with van der Waals surface area (Å²) in [6.07, 6.45) is -10.1. The smallest absolute Gasteiger partial charge is 0.408 e. The molecule has 5 N–H and O–H groups in total. The van der Waals surface area contributed by atoms with Crippen molar-refractivity contribution >= 4 is 30.3 Å². The van der Waals surface area contributed by atoms with Crippen LogP contribution in [0.25, 0.3) is 0 Å². The molecule has 5 rings (SSSR count). The number of benzene rings is 2. The van der Waals surface area contributed by atoms with Gasteiger partial charge in [-0.25, -0.2) is 14.4 Å². The summed E-state index contributed by atoms with van der Waals surface area (Å²) in [5.74, 6) is -4.40. The zero-order valence-electron chi connectivity index (χ0n) is 35.0. The van der Waals surface area contributed by atoms with Crippen molar-refractivity contribution in [2.75, 3.05) is 6.61 Å². The molecule has 15 nitrogen and oxygen atoms in total. The first kappa shape index (κ1) is 45.4. The number of esters is 3. The summed E-state index contributed by atoms with van der Waals surface area (Å²) in [5, 5.41) is 50.7. The highest BCUT2D eigenvalue weighted by Crippen LogP contribution is 2.61. The molecule has 2 aromatic rings. The fraction of sp³-hybridized carbons (Fsp3) is 0.568. The number of carbonyl (C=O) groups is 5. The van der Waals surface area contributed by atoms with Crippen LogP contribution in [0.15, 0.2) is 71.8 Å². The number of hydrogen-bond donors (Lipinski definition) is 5. The summed E-state index contributed by atoms with van der Waals surface area (Å²) < 4.78 is 29.6. The first-order chi connectivity index (χ1) is 27.4. The minimum absolute atomic E-state index is 0.0693. The second-order valence-electron chi connectivity index (χ2n) is 17.7. The van der Waals surface area contributed by atoms with Gasteiger partial charge in [-0.3, -0.25) is 4.79 Å². The Hall–Kier alpha value is -4.67. The Kier molecular flexibility index (Phi) is 12.9.